The van der Waals surface area contributed by atoms with E-state index in [0.29, 0.717) is 6.10 Å². The standard InChI is InChI=1S/C21H20O/c1-2-4-18-15(3-1)6-9-21-19-8-5-14(12-17-13-22-17)11-16(19)7-10-20(18)21/h1-4,6-7,9-10,14,17H,5,8,11-13H2. The number of epoxide rings is 1. The van der Waals surface area contributed by atoms with Crippen molar-refractivity contribution < 1.29 is 4.74 Å². The van der Waals surface area contributed by atoms with E-state index in [-0.39, 0.29) is 0 Å². The van der Waals surface area contributed by atoms with Gasteiger partial charge in [0, 0.05) is 0 Å². The molecule has 3 aromatic carbocycles. The summed E-state index contributed by atoms with van der Waals surface area (Å²) in [6.07, 6.45) is 5.60. The molecule has 1 fully saturated rings. The second-order valence-corrected chi connectivity index (χ2v) is 6.88. The zero-order chi connectivity index (χ0) is 14.5. The lowest BCUT2D eigenvalue weighted by Gasteiger charge is -2.25. The van der Waals surface area contributed by atoms with E-state index in [1.165, 1.54) is 47.2 Å². The molecule has 2 aliphatic rings. The van der Waals surface area contributed by atoms with Gasteiger partial charge in [-0.05, 0) is 64.3 Å². The highest BCUT2D eigenvalue weighted by Crippen LogP contribution is 2.37. The maximum atomic E-state index is 5.42. The molecule has 0 radical (unpaired) electrons. The maximum Gasteiger partial charge on any atom is 0.0812 e. The summed E-state index contributed by atoms with van der Waals surface area (Å²) in [4.78, 5) is 0. The van der Waals surface area contributed by atoms with Crippen molar-refractivity contribution in [1.82, 2.24) is 0 Å². The van der Waals surface area contributed by atoms with Crippen LogP contribution in [-0.2, 0) is 17.6 Å². The van der Waals surface area contributed by atoms with Crippen LogP contribution in [0.1, 0.15) is 24.0 Å². The Morgan fingerprint density at radius 2 is 1.77 bits per heavy atom. The number of rotatable bonds is 2. The molecule has 1 aliphatic carbocycles. The van der Waals surface area contributed by atoms with E-state index < -0.39 is 0 Å². The zero-order valence-corrected chi connectivity index (χ0v) is 12.7. The Labute approximate surface area is 130 Å². The highest BCUT2D eigenvalue weighted by Gasteiger charge is 2.29. The fourth-order valence-corrected chi connectivity index (χ4v) is 4.22. The van der Waals surface area contributed by atoms with E-state index >= 15 is 0 Å². The average Bonchev–Trinajstić information content (AvgIpc) is 3.38. The fourth-order valence-electron chi connectivity index (χ4n) is 4.22. The second kappa shape index (κ2) is 4.82. The van der Waals surface area contributed by atoms with Crippen molar-refractivity contribution in [2.24, 2.45) is 5.92 Å². The number of ether oxygens (including phenoxy) is 1. The molecule has 1 saturated heterocycles. The first kappa shape index (κ1) is 12.7. The summed E-state index contributed by atoms with van der Waals surface area (Å²) in [7, 11) is 0. The van der Waals surface area contributed by atoms with Crippen LogP contribution in [0.2, 0.25) is 0 Å². The van der Waals surface area contributed by atoms with Gasteiger partial charge in [0.05, 0.1) is 12.7 Å². The van der Waals surface area contributed by atoms with Gasteiger partial charge in [0.25, 0.3) is 0 Å². The van der Waals surface area contributed by atoms with Gasteiger partial charge in [-0.15, -0.1) is 0 Å². The predicted molar refractivity (Wildman–Crippen MR) is 91.3 cm³/mol. The minimum Gasteiger partial charge on any atom is -0.373 e. The highest BCUT2D eigenvalue weighted by atomic mass is 16.6. The van der Waals surface area contributed by atoms with E-state index in [1.54, 1.807) is 11.1 Å². The van der Waals surface area contributed by atoms with Gasteiger partial charge in [0.15, 0.2) is 0 Å². The molecule has 1 heteroatoms. The molecule has 110 valence electrons. The molecule has 0 spiro atoms. The topological polar surface area (TPSA) is 12.5 Å². The molecule has 0 N–H and O–H groups in total. The van der Waals surface area contributed by atoms with Crippen molar-refractivity contribution in [3.63, 3.8) is 0 Å². The normalized spacial score (nSPS) is 23.6. The Kier molecular flexibility index (Phi) is 2.78. The molecule has 2 unspecified atom stereocenters. The molecule has 1 heterocycles. The second-order valence-electron chi connectivity index (χ2n) is 6.88. The molecule has 5 rings (SSSR count). The molecule has 0 saturated carbocycles. The third-order valence-corrected chi connectivity index (χ3v) is 5.44. The Bertz CT molecular complexity index is 860. The van der Waals surface area contributed by atoms with Crippen LogP contribution in [0.25, 0.3) is 21.5 Å². The maximum absolute atomic E-state index is 5.42. The predicted octanol–water partition coefficient (Wildman–Crippen LogP) is 4.89. The minimum absolute atomic E-state index is 0.566. The van der Waals surface area contributed by atoms with Crippen molar-refractivity contribution >= 4 is 21.5 Å². The van der Waals surface area contributed by atoms with Crippen LogP contribution in [0, 0.1) is 5.92 Å². The van der Waals surface area contributed by atoms with E-state index in [4.69, 9.17) is 4.74 Å². The lowest BCUT2D eigenvalue weighted by molar-refractivity contribution is 0.334. The highest BCUT2D eigenvalue weighted by molar-refractivity contribution is 6.08. The van der Waals surface area contributed by atoms with Gasteiger partial charge >= 0.3 is 0 Å². The fraction of sp³-hybridized carbons (Fsp3) is 0.333. The van der Waals surface area contributed by atoms with Gasteiger partial charge in [0.1, 0.15) is 0 Å². The molecule has 0 bridgehead atoms. The van der Waals surface area contributed by atoms with Crippen LogP contribution in [0.5, 0.6) is 0 Å². The van der Waals surface area contributed by atoms with Crippen LogP contribution < -0.4 is 0 Å². The average molecular weight is 288 g/mol. The Morgan fingerprint density at radius 1 is 0.909 bits per heavy atom. The quantitative estimate of drug-likeness (QED) is 0.483. The van der Waals surface area contributed by atoms with Gasteiger partial charge in [-0.1, -0.05) is 48.5 Å². The summed E-state index contributed by atoms with van der Waals surface area (Å²) in [5.74, 6) is 0.818. The van der Waals surface area contributed by atoms with E-state index in [2.05, 4.69) is 48.5 Å². The van der Waals surface area contributed by atoms with Crippen molar-refractivity contribution in [2.45, 2.75) is 31.8 Å². The molecule has 3 aromatic rings. The third-order valence-electron chi connectivity index (χ3n) is 5.44. The number of benzene rings is 3. The largest absolute Gasteiger partial charge is 0.373 e. The molecular formula is C21H20O. The molecular weight excluding hydrogens is 268 g/mol. The molecule has 22 heavy (non-hydrogen) atoms. The van der Waals surface area contributed by atoms with Gasteiger partial charge in [0.2, 0.25) is 0 Å². The van der Waals surface area contributed by atoms with Crippen LogP contribution in [-0.4, -0.2) is 12.7 Å². The number of fused-ring (bicyclic) bond motifs is 5. The summed E-state index contributed by atoms with van der Waals surface area (Å²) >= 11 is 0. The number of hydrogen-bond donors (Lipinski definition) is 0. The van der Waals surface area contributed by atoms with Gasteiger partial charge in [-0.3, -0.25) is 0 Å². The van der Waals surface area contributed by atoms with Crippen molar-refractivity contribution in [2.75, 3.05) is 6.61 Å². The van der Waals surface area contributed by atoms with E-state index in [9.17, 15) is 0 Å². The lowest BCUT2D eigenvalue weighted by Crippen LogP contribution is -2.16. The number of hydrogen-bond acceptors (Lipinski definition) is 1. The third kappa shape index (κ3) is 2.04. The van der Waals surface area contributed by atoms with Crippen LogP contribution >= 0.6 is 0 Å². The zero-order valence-electron chi connectivity index (χ0n) is 12.7. The Morgan fingerprint density at radius 3 is 2.68 bits per heavy atom. The molecule has 1 aliphatic heterocycles. The van der Waals surface area contributed by atoms with Crippen molar-refractivity contribution in [3.05, 3.63) is 59.7 Å². The first-order valence-corrected chi connectivity index (χ1v) is 8.42. The van der Waals surface area contributed by atoms with Crippen LogP contribution in [0.4, 0.5) is 0 Å². The summed E-state index contributed by atoms with van der Waals surface area (Å²) in [5.41, 5.74) is 3.16. The van der Waals surface area contributed by atoms with Crippen LogP contribution in [0.3, 0.4) is 0 Å². The van der Waals surface area contributed by atoms with E-state index in [1.807, 2.05) is 0 Å². The van der Waals surface area contributed by atoms with Gasteiger partial charge < -0.3 is 4.74 Å². The summed E-state index contributed by atoms with van der Waals surface area (Å²) in [5, 5.41) is 5.61. The van der Waals surface area contributed by atoms with Crippen LogP contribution in [0.15, 0.2) is 48.5 Å². The summed E-state index contributed by atoms with van der Waals surface area (Å²) < 4.78 is 5.42. The van der Waals surface area contributed by atoms with Crippen molar-refractivity contribution in [1.29, 1.82) is 0 Å². The van der Waals surface area contributed by atoms with Gasteiger partial charge in [-0.2, -0.15) is 0 Å². The SMILES string of the molecule is c1ccc2c(c1)ccc1c3c(ccc12)CC(CC1CO1)CC3. The first-order valence-electron chi connectivity index (χ1n) is 8.42. The molecule has 0 aromatic heterocycles. The summed E-state index contributed by atoms with van der Waals surface area (Å²) in [6, 6.07) is 18.1. The Hall–Kier alpha value is -1.86. The summed E-state index contributed by atoms with van der Waals surface area (Å²) in [6.45, 7) is 0.993. The minimum atomic E-state index is 0.566. The van der Waals surface area contributed by atoms with E-state index in [0.717, 1.165) is 12.5 Å². The smallest absolute Gasteiger partial charge is 0.0812 e. The molecule has 1 nitrogen and oxygen atoms in total. The van der Waals surface area contributed by atoms with Gasteiger partial charge in [-0.25, -0.2) is 0 Å². The molecule has 0 amide bonds. The van der Waals surface area contributed by atoms with Crippen molar-refractivity contribution in [3.8, 4) is 0 Å². The Balaban J connectivity index is 1.62. The number of aryl methyl sites for hydroxylation is 1. The first-order chi connectivity index (χ1) is 10.9. The monoisotopic (exact) mass is 288 g/mol. The molecule has 2 atom stereocenters. The lowest BCUT2D eigenvalue weighted by atomic mass is 9.79.